The van der Waals surface area contributed by atoms with E-state index in [1.807, 2.05) is 18.2 Å². The summed E-state index contributed by atoms with van der Waals surface area (Å²) in [6, 6.07) is 4.10. The molecule has 1 aliphatic carbocycles. The van der Waals surface area contributed by atoms with E-state index in [-0.39, 0.29) is 25.2 Å². The fourth-order valence-corrected chi connectivity index (χ4v) is 4.91. The first-order valence-electron chi connectivity index (χ1n) is 9.44. The second kappa shape index (κ2) is 6.22. The highest BCUT2D eigenvalue weighted by atomic mass is 16.7. The van der Waals surface area contributed by atoms with Crippen molar-refractivity contribution in [1.29, 1.82) is 0 Å². The summed E-state index contributed by atoms with van der Waals surface area (Å²) < 4.78 is 16.8. The van der Waals surface area contributed by atoms with E-state index in [1.165, 1.54) is 5.57 Å². The number of carbonyl (C=O) groups excluding carboxylic acids is 1. The third-order valence-electron chi connectivity index (χ3n) is 5.97. The van der Waals surface area contributed by atoms with E-state index in [0.29, 0.717) is 5.75 Å². The summed E-state index contributed by atoms with van der Waals surface area (Å²) >= 11 is 0. The predicted molar refractivity (Wildman–Crippen MR) is 94.4 cm³/mol. The monoisotopic (exact) mass is 373 g/mol. The molecule has 7 nitrogen and oxygen atoms in total. The van der Waals surface area contributed by atoms with E-state index < -0.39 is 24.3 Å². The molecule has 0 radical (unpaired) electrons. The molecule has 0 spiro atoms. The zero-order valence-electron chi connectivity index (χ0n) is 15.1. The van der Waals surface area contributed by atoms with Crippen molar-refractivity contribution in [2.75, 3.05) is 13.3 Å². The molecular weight excluding hydrogens is 350 g/mol. The number of esters is 1. The number of ether oxygens (including phenoxy) is 3. The molecule has 0 aromatic heterocycles. The molecule has 5 atom stereocenters. The van der Waals surface area contributed by atoms with Crippen LogP contribution >= 0.6 is 0 Å². The minimum atomic E-state index is -0.865. The molecule has 144 valence electrons. The molecule has 1 saturated heterocycles. The molecule has 5 rings (SSSR count). The highest BCUT2D eigenvalue weighted by Crippen LogP contribution is 2.50. The van der Waals surface area contributed by atoms with Gasteiger partial charge in [-0.05, 0) is 36.6 Å². The molecule has 1 aromatic rings. The lowest BCUT2D eigenvalue weighted by Crippen LogP contribution is -2.51. The molecule has 0 bridgehead atoms. The Morgan fingerprint density at radius 2 is 2.15 bits per heavy atom. The van der Waals surface area contributed by atoms with Gasteiger partial charge in [0.05, 0.1) is 12.5 Å². The van der Waals surface area contributed by atoms with Gasteiger partial charge in [-0.2, -0.15) is 0 Å². The Hall–Kier alpha value is -2.09. The average Bonchev–Trinajstić information content (AvgIpc) is 3.22. The standard InChI is InChI=1S/C20H23NO6/c1-10(22)4-17(24)27-20-14(23)5-11-2-3-21-8-12-6-15-16(26-9-25-15)7-13(12)18(20)19(11)21/h5-7,10,14,18-20,22-23H,2-4,8-9H2,1H3/t10?,14-,18-,19+,20+/m0/s1. The summed E-state index contributed by atoms with van der Waals surface area (Å²) in [6.07, 6.45) is 0.335. The highest BCUT2D eigenvalue weighted by Gasteiger charge is 2.50. The maximum absolute atomic E-state index is 12.2. The lowest BCUT2D eigenvalue weighted by Gasteiger charge is -2.45. The largest absolute Gasteiger partial charge is 0.458 e. The van der Waals surface area contributed by atoms with Crippen LogP contribution in [0, 0.1) is 0 Å². The van der Waals surface area contributed by atoms with Crippen molar-refractivity contribution in [3.63, 3.8) is 0 Å². The van der Waals surface area contributed by atoms with Crippen molar-refractivity contribution in [2.24, 2.45) is 0 Å². The lowest BCUT2D eigenvalue weighted by molar-refractivity contribution is -0.159. The number of nitrogens with zero attached hydrogens (tertiary/aromatic N) is 1. The lowest BCUT2D eigenvalue weighted by atomic mass is 9.73. The van der Waals surface area contributed by atoms with Crippen LogP contribution in [0.25, 0.3) is 0 Å². The summed E-state index contributed by atoms with van der Waals surface area (Å²) in [6.45, 7) is 3.47. The van der Waals surface area contributed by atoms with Crippen LogP contribution in [0.4, 0.5) is 0 Å². The Morgan fingerprint density at radius 1 is 1.37 bits per heavy atom. The Bertz CT molecular complexity index is 819. The molecule has 0 amide bonds. The molecule has 27 heavy (non-hydrogen) atoms. The summed E-state index contributed by atoms with van der Waals surface area (Å²) in [5, 5.41) is 20.2. The molecule has 3 aliphatic heterocycles. The number of aliphatic hydroxyl groups is 2. The van der Waals surface area contributed by atoms with Gasteiger partial charge in [0, 0.05) is 25.0 Å². The Balaban J connectivity index is 1.56. The topological polar surface area (TPSA) is 88.5 Å². The number of carbonyl (C=O) groups is 1. The first kappa shape index (κ1) is 17.0. The quantitative estimate of drug-likeness (QED) is 0.605. The van der Waals surface area contributed by atoms with Gasteiger partial charge in [-0.1, -0.05) is 11.6 Å². The van der Waals surface area contributed by atoms with Crippen LogP contribution in [0.5, 0.6) is 11.5 Å². The molecule has 4 aliphatic rings. The van der Waals surface area contributed by atoms with Crippen LogP contribution in [-0.4, -0.2) is 58.8 Å². The normalized spacial score (nSPS) is 31.7. The molecule has 3 heterocycles. The van der Waals surface area contributed by atoms with Crippen molar-refractivity contribution in [2.45, 2.75) is 56.6 Å². The van der Waals surface area contributed by atoms with Gasteiger partial charge < -0.3 is 24.4 Å². The van der Waals surface area contributed by atoms with Crippen molar-refractivity contribution in [3.05, 3.63) is 34.9 Å². The maximum atomic E-state index is 12.2. The minimum absolute atomic E-state index is 0.0884. The first-order valence-corrected chi connectivity index (χ1v) is 9.44. The van der Waals surface area contributed by atoms with Gasteiger partial charge >= 0.3 is 5.97 Å². The smallest absolute Gasteiger partial charge is 0.308 e. The van der Waals surface area contributed by atoms with Gasteiger partial charge in [-0.25, -0.2) is 0 Å². The molecular formula is C20H23NO6. The van der Waals surface area contributed by atoms with Crippen molar-refractivity contribution in [3.8, 4) is 11.5 Å². The van der Waals surface area contributed by atoms with Crippen LogP contribution in [0.1, 0.15) is 36.8 Å². The van der Waals surface area contributed by atoms with Gasteiger partial charge in [-0.15, -0.1) is 0 Å². The van der Waals surface area contributed by atoms with Gasteiger partial charge in [0.2, 0.25) is 6.79 Å². The molecule has 7 heteroatoms. The van der Waals surface area contributed by atoms with Crippen molar-refractivity contribution < 1.29 is 29.2 Å². The third-order valence-corrected chi connectivity index (χ3v) is 5.97. The van der Waals surface area contributed by atoms with Crippen LogP contribution in [-0.2, 0) is 16.1 Å². The summed E-state index contributed by atoms with van der Waals surface area (Å²) in [7, 11) is 0. The van der Waals surface area contributed by atoms with E-state index in [2.05, 4.69) is 4.90 Å². The van der Waals surface area contributed by atoms with Gasteiger partial charge in [0.15, 0.2) is 11.5 Å². The van der Waals surface area contributed by atoms with Crippen LogP contribution in [0.2, 0.25) is 0 Å². The summed E-state index contributed by atoms with van der Waals surface area (Å²) in [5.74, 6) is 0.767. The van der Waals surface area contributed by atoms with E-state index in [4.69, 9.17) is 14.2 Å². The van der Waals surface area contributed by atoms with Crippen LogP contribution < -0.4 is 9.47 Å². The number of aliphatic hydroxyl groups excluding tert-OH is 2. The zero-order valence-corrected chi connectivity index (χ0v) is 15.1. The van der Waals surface area contributed by atoms with Gasteiger partial charge in [0.25, 0.3) is 0 Å². The maximum Gasteiger partial charge on any atom is 0.308 e. The van der Waals surface area contributed by atoms with E-state index in [0.717, 1.165) is 36.4 Å². The highest BCUT2D eigenvalue weighted by molar-refractivity contribution is 5.70. The third kappa shape index (κ3) is 2.72. The van der Waals surface area contributed by atoms with Crippen molar-refractivity contribution >= 4 is 5.97 Å². The van der Waals surface area contributed by atoms with Crippen LogP contribution in [0.3, 0.4) is 0 Å². The molecule has 1 unspecified atom stereocenters. The molecule has 1 fully saturated rings. The molecule has 1 aromatic carbocycles. The zero-order chi connectivity index (χ0) is 18.7. The molecule has 2 N–H and O–H groups in total. The van der Waals surface area contributed by atoms with E-state index in [9.17, 15) is 15.0 Å². The number of hydrogen-bond acceptors (Lipinski definition) is 7. The molecule has 0 saturated carbocycles. The minimum Gasteiger partial charge on any atom is -0.458 e. The average molecular weight is 373 g/mol. The fourth-order valence-electron chi connectivity index (χ4n) is 4.91. The summed E-state index contributed by atoms with van der Waals surface area (Å²) in [5.41, 5.74) is 3.37. The Morgan fingerprint density at radius 3 is 2.93 bits per heavy atom. The number of rotatable bonds is 3. The van der Waals surface area contributed by atoms with E-state index in [1.54, 1.807) is 6.92 Å². The second-order valence-corrected chi connectivity index (χ2v) is 7.84. The Labute approximate surface area is 157 Å². The second-order valence-electron chi connectivity index (χ2n) is 7.84. The predicted octanol–water partition coefficient (Wildman–Crippen LogP) is 1.07. The number of hydrogen-bond donors (Lipinski definition) is 2. The van der Waals surface area contributed by atoms with Crippen molar-refractivity contribution in [1.82, 2.24) is 4.90 Å². The SMILES string of the molecule is CC(O)CC(=O)O[C@H]1[C@H]2c3cc4c(cc3CN3CCC(=C[C@@H]1O)[C@H]23)OCO4. The van der Waals surface area contributed by atoms with Gasteiger partial charge in [-0.3, -0.25) is 9.69 Å². The summed E-state index contributed by atoms with van der Waals surface area (Å²) in [4.78, 5) is 14.6. The van der Waals surface area contributed by atoms with Gasteiger partial charge in [0.1, 0.15) is 12.2 Å². The number of benzene rings is 1. The van der Waals surface area contributed by atoms with E-state index >= 15 is 0 Å². The van der Waals surface area contributed by atoms with Crippen LogP contribution in [0.15, 0.2) is 23.8 Å². The Kier molecular flexibility index (Phi) is 3.93. The first-order chi connectivity index (χ1) is 13.0. The number of fused-ring (bicyclic) bond motifs is 3. The fraction of sp³-hybridized carbons (Fsp3) is 0.550.